The maximum atomic E-state index is 12.5. The number of hydrogen-bond donors (Lipinski definition) is 1. The zero-order chi connectivity index (χ0) is 17.2. The molecule has 0 saturated carbocycles. The van der Waals surface area contributed by atoms with E-state index in [4.69, 9.17) is 9.15 Å². The maximum Gasteiger partial charge on any atom is 0.251 e. The molecule has 0 spiro atoms. The van der Waals surface area contributed by atoms with E-state index in [1.54, 1.807) is 13.4 Å². The lowest BCUT2D eigenvalue weighted by Gasteiger charge is -2.44. The number of fused-ring (bicyclic) bond motifs is 3. The summed E-state index contributed by atoms with van der Waals surface area (Å²) < 4.78 is 10.5. The highest BCUT2D eigenvalue weighted by atomic mass is 32.2. The van der Waals surface area contributed by atoms with E-state index in [0.29, 0.717) is 23.3 Å². The monoisotopic (exact) mass is 358 g/mol. The Balaban J connectivity index is 1.37. The summed E-state index contributed by atoms with van der Waals surface area (Å²) in [7, 11) is 1.61. The van der Waals surface area contributed by atoms with Crippen molar-refractivity contribution in [3.63, 3.8) is 0 Å². The van der Waals surface area contributed by atoms with Gasteiger partial charge in [0.1, 0.15) is 6.26 Å². The van der Waals surface area contributed by atoms with E-state index in [-0.39, 0.29) is 5.91 Å². The van der Waals surface area contributed by atoms with Crippen molar-refractivity contribution in [2.45, 2.75) is 28.9 Å². The molecule has 4 heterocycles. The molecule has 1 atom stereocenters. The fourth-order valence-corrected chi connectivity index (χ4v) is 4.41. The Morgan fingerprint density at radius 2 is 2.04 bits per heavy atom. The van der Waals surface area contributed by atoms with Gasteiger partial charge < -0.3 is 19.4 Å². The fraction of sp³-hybridized carbons (Fsp3) is 0.421. The predicted molar refractivity (Wildman–Crippen MR) is 96.2 cm³/mol. The summed E-state index contributed by atoms with van der Waals surface area (Å²) in [5.41, 5.74) is 0.706. The molecule has 0 radical (unpaired) electrons. The van der Waals surface area contributed by atoms with Crippen LogP contribution in [0.25, 0.3) is 0 Å². The fourth-order valence-electron chi connectivity index (χ4n) is 3.63. The van der Waals surface area contributed by atoms with E-state index in [1.807, 2.05) is 30.3 Å². The molecule has 3 aliphatic heterocycles. The summed E-state index contributed by atoms with van der Waals surface area (Å²) >= 11 is 1.50. The van der Waals surface area contributed by atoms with Gasteiger partial charge >= 0.3 is 0 Å². The van der Waals surface area contributed by atoms with Gasteiger partial charge in [-0.25, -0.2) is 0 Å². The number of carbonyl (C=O) groups excluding carboxylic acids is 1. The number of benzene rings is 1. The predicted octanol–water partition coefficient (Wildman–Crippen LogP) is 3.26. The number of rotatable bonds is 5. The third-order valence-corrected chi connectivity index (χ3v) is 6.02. The molecule has 1 amide bonds. The number of carbonyl (C=O) groups is 1. The lowest BCUT2D eigenvalue weighted by atomic mass is 9.84. The van der Waals surface area contributed by atoms with E-state index in [1.165, 1.54) is 37.7 Å². The highest BCUT2D eigenvalue weighted by Gasteiger charge is 2.34. The van der Waals surface area contributed by atoms with Gasteiger partial charge in [0.25, 0.3) is 5.91 Å². The molecule has 1 N–H and O–H groups in total. The van der Waals surface area contributed by atoms with Gasteiger partial charge in [0.05, 0.1) is 7.11 Å². The van der Waals surface area contributed by atoms with Crippen molar-refractivity contribution in [3.8, 4) is 5.75 Å². The molecule has 5 rings (SSSR count). The van der Waals surface area contributed by atoms with E-state index in [9.17, 15) is 4.79 Å². The van der Waals surface area contributed by atoms with Crippen molar-refractivity contribution >= 4 is 17.7 Å². The topological polar surface area (TPSA) is 54.7 Å². The van der Waals surface area contributed by atoms with E-state index in [0.717, 1.165) is 16.5 Å². The molecule has 3 aliphatic rings. The highest BCUT2D eigenvalue weighted by Crippen LogP contribution is 2.32. The number of methoxy groups -OCH3 is 1. The number of ether oxygens (including phenoxy) is 1. The highest BCUT2D eigenvalue weighted by molar-refractivity contribution is 7.99. The van der Waals surface area contributed by atoms with Gasteiger partial charge in [0.15, 0.2) is 10.8 Å². The number of nitrogens with one attached hydrogen (secondary N) is 1. The first kappa shape index (κ1) is 16.5. The van der Waals surface area contributed by atoms with Crippen molar-refractivity contribution in [1.82, 2.24) is 10.2 Å². The molecule has 1 aromatic heterocycles. The molecule has 2 bridgehead atoms. The second kappa shape index (κ2) is 7.14. The average molecular weight is 358 g/mol. The zero-order valence-corrected chi connectivity index (χ0v) is 15.1. The van der Waals surface area contributed by atoms with Gasteiger partial charge in [-0.2, -0.15) is 0 Å². The quantitative estimate of drug-likeness (QED) is 0.889. The Bertz CT molecular complexity index is 735. The number of piperidine rings is 3. The summed E-state index contributed by atoms with van der Waals surface area (Å²) in [6, 6.07) is 9.78. The van der Waals surface area contributed by atoms with E-state index >= 15 is 0 Å². The van der Waals surface area contributed by atoms with Crippen molar-refractivity contribution in [2.75, 3.05) is 26.7 Å². The van der Waals surface area contributed by atoms with Crippen molar-refractivity contribution in [3.05, 3.63) is 42.2 Å². The molecule has 25 heavy (non-hydrogen) atoms. The molecule has 6 heteroatoms. The lowest BCUT2D eigenvalue weighted by molar-refractivity contribution is 0.0620. The van der Waals surface area contributed by atoms with Crippen molar-refractivity contribution in [2.24, 2.45) is 5.92 Å². The van der Waals surface area contributed by atoms with Gasteiger partial charge in [-0.05, 0) is 56.1 Å². The Labute approximate surface area is 151 Å². The molecular formula is C19H22N2O3S. The van der Waals surface area contributed by atoms with E-state index < -0.39 is 0 Å². The largest absolute Gasteiger partial charge is 0.493 e. The Morgan fingerprint density at radius 1 is 1.28 bits per heavy atom. The minimum Gasteiger partial charge on any atom is -0.493 e. The second-order valence-electron chi connectivity index (χ2n) is 6.65. The number of furan rings is 1. The summed E-state index contributed by atoms with van der Waals surface area (Å²) in [5.74, 6) is 1.36. The van der Waals surface area contributed by atoms with Gasteiger partial charge in [0.2, 0.25) is 0 Å². The molecule has 2 aromatic rings. The molecule has 0 aliphatic carbocycles. The molecule has 3 saturated heterocycles. The SMILES string of the molecule is COc1coc(Sc2ccc(C(=O)NC3CN4CCC3CC4)cc2)c1. The van der Waals surface area contributed by atoms with E-state index in [2.05, 4.69) is 10.2 Å². The van der Waals surface area contributed by atoms with Crippen LogP contribution < -0.4 is 10.1 Å². The number of amides is 1. The van der Waals surface area contributed by atoms with Crippen LogP contribution in [-0.2, 0) is 0 Å². The normalized spacial score (nSPS) is 24.9. The first-order valence-corrected chi connectivity index (χ1v) is 9.46. The van der Waals surface area contributed by atoms with Crippen LogP contribution in [0.2, 0.25) is 0 Å². The van der Waals surface area contributed by atoms with Gasteiger partial charge in [-0.1, -0.05) is 11.8 Å². The van der Waals surface area contributed by atoms with Gasteiger partial charge in [-0.15, -0.1) is 0 Å². The standard InChI is InChI=1S/C19H22N2O3S/c1-23-15-10-18(24-12-15)25-16-4-2-14(3-5-16)19(22)20-17-11-21-8-6-13(17)7-9-21/h2-5,10,12-13,17H,6-9,11H2,1H3,(H,20,22). The van der Waals surface area contributed by atoms with Crippen molar-refractivity contribution in [1.29, 1.82) is 0 Å². The molecule has 5 nitrogen and oxygen atoms in total. The molecule has 3 fully saturated rings. The summed E-state index contributed by atoms with van der Waals surface area (Å²) in [6.45, 7) is 3.35. The summed E-state index contributed by atoms with van der Waals surface area (Å²) in [5, 5.41) is 3.99. The first-order chi connectivity index (χ1) is 12.2. The number of nitrogens with zero attached hydrogens (tertiary/aromatic N) is 1. The Kier molecular flexibility index (Phi) is 4.72. The number of hydrogen-bond acceptors (Lipinski definition) is 5. The molecule has 1 aromatic carbocycles. The zero-order valence-electron chi connectivity index (χ0n) is 14.2. The van der Waals surface area contributed by atoms with Crippen molar-refractivity contribution < 1.29 is 13.9 Å². The third kappa shape index (κ3) is 3.70. The minimum atomic E-state index is 0.0231. The van der Waals surface area contributed by atoms with Crippen LogP contribution in [0.5, 0.6) is 5.75 Å². The Morgan fingerprint density at radius 3 is 2.64 bits per heavy atom. The third-order valence-electron chi connectivity index (χ3n) is 5.09. The van der Waals surface area contributed by atoms with Crippen LogP contribution in [0.15, 0.2) is 51.0 Å². The average Bonchev–Trinajstić information content (AvgIpc) is 3.11. The van der Waals surface area contributed by atoms with Crippen LogP contribution in [0, 0.1) is 5.92 Å². The second-order valence-corrected chi connectivity index (χ2v) is 7.73. The molecule has 132 valence electrons. The lowest BCUT2D eigenvalue weighted by Crippen LogP contribution is -2.57. The van der Waals surface area contributed by atoms with Crippen LogP contribution >= 0.6 is 11.8 Å². The van der Waals surface area contributed by atoms with Crippen LogP contribution in [0.4, 0.5) is 0 Å². The first-order valence-electron chi connectivity index (χ1n) is 8.65. The van der Waals surface area contributed by atoms with Gasteiger partial charge in [-0.3, -0.25) is 4.79 Å². The molecule has 1 unspecified atom stereocenters. The summed E-state index contributed by atoms with van der Waals surface area (Å²) in [6.07, 6.45) is 3.98. The van der Waals surface area contributed by atoms with Crippen LogP contribution in [0.1, 0.15) is 23.2 Å². The smallest absolute Gasteiger partial charge is 0.251 e. The maximum absolute atomic E-state index is 12.5. The van der Waals surface area contributed by atoms with Crippen LogP contribution in [-0.4, -0.2) is 43.6 Å². The summed E-state index contributed by atoms with van der Waals surface area (Å²) in [4.78, 5) is 16.0. The Hall–Kier alpha value is -1.92. The molecular weight excluding hydrogens is 336 g/mol. The van der Waals surface area contributed by atoms with Gasteiger partial charge in [0, 0.05) is 29.1 Å². The van der Waals surface area contributed by atoms with Crippen LogP contribution in [0.3, 0.4) is 0 Å². The minimum absolute atomic E-state index is 0.0231.